The summed E-state index contributed by atoms with van der Waals surface area (Å²) in [5.41, 5.74) is 0.882. The zero-order chi connectivity index (χ0) is 19.4. The average molecular weight is 427 g/mol. The minimum absolute atomic E-state index is 0.0674. The zero-order valence-electron chi connectivity index (χ0n) is 14.9. The Labute approximate surface area is 165 Å². The lowest BCUT2D eigenvalue weighted by atomic mass is 10.3. The maximum absolute atomic E-state index is 12.0. The number of benzene rings is 1. The third-order valence-electron chi connectivity index (χ3n) is 3.46. The predicted octanol–water partition coefficient (Wildman–Crippen LogP) is 3.43. The Bertz CT molecular complexity index is 997. The molecule has 0 aliphatic rings. The average Bonchev–Trinajstić information content (AvgIpc) is 3.30. The molecule has 27 heavy (non-hydrogen) atoms. The van der Waals surface area contributed by atoms with E-state index in [9.17, 15) is 8.42 Å². The topological polar surface area (TPSA) is 97.6 Å². The van der Waals surface area contributed by atoms with Gasteiger partial charge in [-0.25, -0.2) is 12.7 Å². The maximum Gasteiger partial charge on any atom is 0.275 e. The molecule has 0 amide bonds. The summed E-state index contributed by atoms with van der Waals surface area (Å²) in [5, 5.41) is 12.0. The molecule has 0 aliphatic carbocycles. The second-order valence-corrected chi connectivity index (χ2v) is 9.81. The van der Waals surface area contributed by atoms with E-state index in [0.29, 0.717) is 16.6 Å². The van der Waals surface area contributed by atoms with Gasteiger partial charge in [-0.3, -0.25) is 0 Å². The molecule has 0 saturated heterocycles. The van der Waals surface area contributed by atoms with Crippen LogP contribution < -0.4 is 10.1 Å². The van der Waals surface area contributed by atoms with Gasteiger partial charge in [0.2, 0.25) is 10.2 Å². The standard InChI is InChI=1S/C16H18N4O4S3/c1-20(2)27(21,22)14-9-8-13(24-14)10-25-16-19-18-15(26-16)17-11-4-6-12(23-3)7-5-11/h4-9H,10H2,1-3H3,(H,17,18). The summed E-state index contributed by atoms with van der Waals surface area (Å²) >= 11 is 2.83. The second-order valence-electron chi connectivity index (χ2n) is 5.52. The number of hydrogen-bond donors (Lipinski definition) is 1. The number of nitrogens with one attached hydrogen (secondary N) is 1. The lowest BCUT2D eigenvalue weighted by Gasteiger charge is -2.07. The van der Waals surface area contributed by atoms with E-state index < -0.39 is 10.0 Å². The third-order valence-corrected chi connectivity index (χ3v) is 7.14. The molecule has 2 aromatic heterocycles. The molecule has 0 saturated carbocycles. The van der Waals surface area contributed by atoms with Gasteiger partial charge in [-0.2, -0.15) is 0 Å². The van der Waals surface area contributed by atoms with Gasteiger partial charge in [0.25, 0.3) is 10.0 Å². The van der Waals surface area contributed by atoms with Crippen LogP contribution in [0.4, 0.5) is 10.8 Å². The number of furan rings is 1. The van der Waals surface area contributed by atoms with E-state index in [1.807, 2.05) is 24.3 Å². The molecule has 8 nitrogen and oxygen atoms in total. The van der Waals surface area contributed by atoms with Crippen molar-refractivity contribution in [2.24, 2.45) is 0 Å². The molecule has 2 heterocycles. The van der Waals surface area contributed by atoms with Crippen LogP contribution in [0.25, 0.3) is 0 Å². The van der Waals surface area contributed by atoms with Crippen LogP contribution in [-0.2, 0) is 15.8 Å². The molecule has 0 radical (unpaired) electrons. The highest BCUT2D eigenvalue weighted by molar-refractivity contribution is 8.00. The Morgan fingerprint density at radius 1 is 1.19 bits per heavy atom. The fourth-order valence-electron chi connectivity index (χ4n) is 2.00. The first-order valence-corrected chi connectivity index (χ1v) is 11.0. The molecule has 1 aromatic carbocycles. The Morgan fingerprint density at radius 2 is 1.93 bits per heavy atom. The van der Waals surface area contributed by atoms with Gasteiger partial charge in [-0.05, 0) is 36.4 Å². The van der Waals surface area contributed by atoms with E-state index in [2.05, 4.69) is 15.5 Å². The number of nitrogens with zero attached hydrogens (tertiary/aromatic N) is 3. The fraction of sp³-hybridized carbons (Fsp3) is 0.250. The molecule has 0 fully saturated rings. The molecule has 1 N–H and O–H groups in total. The molecule has 144 valence electrons. The fourth-order valence-corrected chi connectivity index (χ4v) is 4.48. The van der Waals surface area contributed by atoms with Crippen molar-refractivity contribution in [1.82, 2.24) is 14.5 Å². The van der Waals surface area contributed by atoms with E-state index in [1.54, 1.807) is 13.2 Å². The summed E-state index contributed by atoms with van der Waals surface area (Å²) < 4.78 is 36.5. The van der Waals surface area contributed by atoms with Gasteiger partial charge < -0.3 is 14.5 Å². The van der Waals surface area contributed by atoms with E-state index in [-0.39, 0.29) is 5.09 Å². The van der Waals surface area contributed by atoms with E-state index in [1.165, 1.54) is 43.3 Å². The molecule has 3 rings (SSSR count). The quantitative estimate of drug-likeness (QED) is 0.547. The number of ether oxygens (including phenoxy) is 1. The first-order valence-electron chi connectivity index (χ1n) is 7.77. The summed E-state index contributed by atoms with van der Waals surface area (Å²) in [6.07, 6.45) is 0. The van der Waals surface area contributed by atoms with Gasteiger partial charge in [-0.15, -0.1) is 10.2 Å². The molecular weight excluding hydrogens is 408 g/mol. The molecule has 0 atom stereocenters. The van der Waals surface area contributed by atoms with Crippen LogP contribution in [0.5, 0.6) is 5.75 Å². The van der Waals surface area contributed by atoms with Crippen molar-refractivity contribution in [1.29, 1.82) is 0 Å². The number of rotatable bonds is 8. The Hall–Kier alpha value is -2.08. The van der Waals surface area contributed by atoms with Crippen molar-refractivity contribution in [3.63, 3.8) is 0 Å². The summed E-state index contributed by atoms with van der Waals surface area (Å²) in [4.78, 5) is 0. The van der Waals surface area contributed by atoms with Crippen molar-refractivity contribution in [3.05, 3.63) is 42.2 Å². The second kappa shape index (κ2) is 8.30. The number of anilines is 2. The molecule has 11 heteroatoms. The summed E-state index contributed by atoms with van der Waals surface area (Å²) in [6.45, 7) is 0. The van der Waals surface area contributed by atoms with Crippen LogP contribution in [0.2, 0.25) is 0 Å². The van der Waals surface area contributed by atoms with Crippen molar-refractivity contribution >= 4 is 43.9 Å². The predicted molar refractivity (Wildman–Crippen MR) is 105 cm³/mol. The first kappa shape index (κ1) is 19.7. The van der Waals surface area contributed by atoms with Crippen LogP contribution in [0.1, 0.15) is 5.76 Å². The van der Waals surface area contributed by atoms with Crippen LogP contribution >= 0.6 is 23.1 Å². The van der Waals surface area contributed by atoms with E-state index >= 15 is 0 Å². The van der Waals surface area contributed by atoms with Gasteiger partial charge in [0.15, 0.2) is 4.34 Å². The van der Waals surface area contributed by atoms with Crippen LogP contribution in [0.3, 0.4) is 0 Å². The number of aromatic nitrogens is 2. The van der Waals surface area contributed by atoms with Gasteiger partial charge >= 0.3 is 0 Å². The summed E-state index contributed by atoms with van der Waals surface area (Å²) in [5.74, 6) is 1.79. The third kappa shape index (κ3) is 4.80. The van der Waals surface area contributed by atoms with Crippen LogP contribution in [0.15, 0.2) is 50.2 Å². The Balaban J connectivity index is 1.59. The van der Waals surface area contributed by atoms with E-state index in [0.717, 1.165) is 20.1 Å². The number of thioether (sulfide) groups is 1. The lowest BCUT2D eigenvalue weighted by molar-refractivity contribution is 0.408. The molecule has 3 aromatic rings. The SMILES string of the molecule is COc1ccc(Nc2nnc(SCc3ccc(S(=O)(=O)N(C)C)o3)s2)cc1. The van der Waals surface area contributed by atoms with Crippen molar-refractivity contribution in [2.75, 3.05) is 26.5 Å². The molecule has 0 bridgehead atoms. The minimum atomic E-state index is -3.56. The minimum Gasteiger partial charge on any atom is -0.497 e. The maximum atomic E-state index is 12.0. The van der Waals surface area contributed by atoms with Crippen LogP contribution in [-0.4, -0.2) is 44.1 Å². The lowest BCUT2D eigenvalue weighted by Crippen LogP contribution is -2.21. The first-order chi connectivity index (χ1) is 12.9. The number of methoxy groups -OCH3 is 1. The van der Waals surface area contributed by atoms with E-state index in [4.69, 9.17) is 9.15 Å². The van der Waals surface area contributed by atoms with Gasteiger partial charge in [0, 0.05) is 19.8 Å². The van der Waals surface area contributed by atoms with Gasteiger partial charge in [-0.1, -0.05) is 23.1 Å². The van der Waals surface area contributed by atoms with Crippen LogP contribution in [0, 0.1) is 0 Å². The number of hydrogen-bond acceptors (Lipinski definition) is 9. The summed E-state index contributed by atoms with van der Waals surface area (Å²) in [6, 6.07) is 10.6. The molecular formula is C16H18N4O4S3. The monoisotopic (exact) mass is 426 g/mol. The van der Waals surface area contributed by atoms with Crippen molar-refractivity contribution in [3.8, 4) is 5.75 Å². The van der Waals surface area contributed by atoms with Gasteiger partial charge in [0.1, 0.15) is 11.5 Å². The largest absolute Gasteiger partial charge is 0.497 e. The molecule has 0 aliphatic heterocycles. The summed E-state index contributed by atoms with van der Waals surface area (Å²) in [7, 11) is 0.984. The highest BCUT2D eigenvalue weighted by Gasteiger charge is 2.21. The molecule has 0 unspecified atom stereocenters. The number of sulfonamides is 1. The highest BCUT2D eigenvalue weighted by atomic mass is 32.2. The zero-order valence-corrected chi connectivity index (χ0v) is 17.3. The highest BCUT2D eigenvalue weighted by Crippen LogP contribution is 2.31. The smallest absolute Gasteiger partial charge is 0.275 e. The Kier molecular flexibility index (Phi) is 6.05. The molecule has 0 spiro atoms. The normalized spacial score (nSPS) is 11.7. The van der Waals surface area contributed by atoms with Gasteiger partial charge in [0.05, 0.1) is 12.9 Å². The van der Waals surface area contributed by atoms with Crippen molar-refractivity contribution in [2.45, 2.75) is 15.2 Å². The van der Waals surface area contributed by atoms with Crippen molar-refractivity contribution < 1.29 is 17.6 Å². The Morgan fingerprint density at radius 3 is 2.59 bits per heavy atom.